The molecule has 18 heavy (non-hydrogen) atoms. The molecule has 2 heteroatoms. The van der Waals surface area contributed by atoms with Crippen LogP contribution in [0.5, 0.6) is 0 Å². The summed E-state index contributed by atoms with van der Waals surface area (Å²) in [6.45, 7) is 1.24. The molecule has 1 aromatic carbocycles. The molecule has 0 saturated carbocycles. The quantitative estimate of drug-likeness (QED) is 0.896. The normalized spacial score (nSPS) is 24.8. The van der Waals surface area contributed by atoms with Crippen molar-refractivity contribution in [2.75, 3.05) is 18.1 Å². The zero-order chi connectivity index (χ0) is 12.2. The SMILES string of the molecule is c1ccc2c(c1)CCC(NCC1CCSCC1)C2. The molecular weight excluding hydrogens is 238 g/mol. The van der Waals surface area contributed by atoms with Crippen LogP contribution in [0, 0.1) is 5.92 Å². The van der Waals surface area contributed by atoms with Crippen LogP contribution in [0.4, 0.5) is 0 Å². The second-order valence-corrected chi connectivity index (χ2v) is 6.90. The van der Waals surface area contributed by atoms with Crippen LogP contribution < -0.4 is 5.32 Å². The maximum atomic E-state index is 3.82. The van der Waals surface area contributed by atoms with Crippen molar-refractivity contribution >= 4 is 11.8 Å². The number of hydrogen-bond donors (Lipinski definition) is 1. The van der Waals surface area contributed by atoms with Crippen LogP contribution in [-0.2, 0) is 12.8 Å². The number of rotatable bonds is 3. The van der Waals surface area contributed by atoms with Gasteiger partial charge < -0.3 is 5.32 Å². The average Bonchev–Trinajstić information content (AvgIpc) is 2.46. The van der Waals surface area contributed by atoms with Gasteiger partial charge in [0.2, 0.25) is 0 Å². The van der Waals surface area contributed by atoms with Crippen LogP contribution in [0.3, 0.4) is 0 Å². The summed E-state index contributed by atoms with van der Waals surface area (Å²) in [5.41, 5.74) is 3.14. The molecule has 1 nitrogen and oxygen atoms in total. The van der Waals surface area contributed by atoms with E-state index in [2.05, 4.69) is 41.3 Å². The fourth-order valence-electron chi connectivity index (χ4n) is 3.16. The predicted octanol–water partition coefficient (Wildman–Crippen LogP) is 3.28. The molecule has 1 N–H and O–H groups in total. The monoisotopic (exact) mass is 261 g/mol. The van der Waals surface area contributed by atoms with Gasteiger partial charge in [0.15, 0.2) is 0 Å². The first-order valence-electron chi connectivity index (χ1n) is 7.30. The van der Waals surface area contributed by atoms with Crippen LogP contribution in [0.25, 0.3) is 0 Å². The second-order valence-electron chi connectivity index (χ2n) is 5.67. The summed E-state index contributed by atoms with van der Waals surface area (Å²) in [5.74, 6) is 3.68. The maximum Gasteiger partial charge on any atom is 0.0111 e. The topological polar surface area (TPSA) is 12.0 Å². The fraction of sp³-hybridized carbons (Fsp3) is 0.625. The molecule has 1 fully saturated rings. The van der Waals surface area contributed by atoms with E-state index < -0.39 is 0 Å². The lowest BCUT2D eigenvalue weighted by atomic mass is 9.88. The molecule has 3 rings (SSSR count). The Hall–Kier alpha value is -0.470. The van der Waals surface area contributed by atoms with Crippen LogP contribution >= 0.6 is 11.8 Å². The van der Waals surface area contributed by atoms with Gasteiger partial charge in [0, 0.05) is 6.04 Å². The number of aryl methyl sites for hydroxylation is 1. The molecule has 98 valence electrons. The Kier molecular flexibility index (Phi) is 4.27. The van der Waals surface area contributed by atoms with E-state index >= 15 is 0 Å². The number of benzene rings is 1. The van der Waals surface area contributed by atoms with Gasteiger partial charge in [0.25, 0.3) is 0 Å². The van der Waals surface area contributed by atoms with E-state index in [0.717, 1.165) is 12.0 Å². The fourth-order valence-corrected chi connectivity index (χ4v) is 4.36. The predicted molar refractivity (Wildman–Crippen MR) is 80.3 cm³/mol. The van der Waals surface area contributed by atoms with Gasteiger partial charge in [-0.3, -0.25) is 0 Å². The minimum atomic E-state index is 0.717. The molecule has 0 amide bonds. The van der Waals surface area contributed by atoms with Crippen molar-refractivity contribution in [3.8, 4) is 0 Å². The number of nitrogens with one attached hydrogen (secondary N) is 1. The van der Waals surface area contributed by atoms with Gasteiger partial charge in [0.1, 0.15) is 0 Å². The van der Waals surface area contributed by atoms with Crippen LogP contribution in [0.15, 0.2) is 24.3 Å². The Balaban J connectivity index is 1.50. The molecule has 0 bridgehead atoms. The zero-order valence-corrected chi connectivity index (χ0v) is 11.8. The second kappa shape index (κ2) is 6.12. The summed E-state index contributed by atoms with van der Waals surface area (Å²) in [6.07, 6.45) is 6.65. The molecule has 1 heterocycles. The van der Waals surface area contributed by atoms with Crippen LogP contribution in [-0.4, -0.2) is 24.1 Å². The van der Waals surface area contributed by atoms with Gasteiger partial charge in [-0.15, -0.1) is 0 Å². The minimum absolute atomic E-state index is 0.717. The lowest BCUT2D eigenvalue weighted by Crippen LogP contribution is -2.38. The standard InChI is InChI=1S/C16H23NS/c1-2-4-15-11-16(6-5-14(15)3-1)17-12-13-7-9-18-10-8-13/h1-4,13,16-17H,5-12H2. The molecular formula is C16H23NS. The zero-order valence-electron chi connectivity index (χ0n) is 11.0. The van der Waals surface area contributed by atoms with Crippen molar-refractivity contribution in [1.29, 1.82) is 0 Å². The Morgan fingerprint density at radius 1 is 1.06 bits per heavy atom. The highest BCUT2D eigenvalue weighted by Gasteiger charge is 2.20. The third-order valence-corrected chi connectivity index (χ3v) is 5.43. The molecule has 1 aromatic rings. The van der Waals surface area contributed by atoms with E-state index in [4.69, 9.17) is 0 Å². The van der Waals surface area contributed by atoms with Crippen molar-refractivity contribution in [3.05, 3.63) is 35.4 Å². The Labute approximate surface area is 115 Å². The first-order chi connectivity index (χ1) is 8.92. The first-order valence-corrected chi connectivity index (χ1v) is 8.45. The van der Waals surface area contributed by atoms with Crippen LogP contribution in [0.2, 0.25) is 0 Å². The van der Waals surface area contributed by atoms with E-state index in [1.54, 1.807) is 11.1 Å². The minimum Gasteiger partial charge on any atom is -0.313 e. The van der Waals surface area contributed by atoms with Crippen molar-refractivity contribution < 1.29 is 0 Å². The molecule has 0 spiro atoms. The Bertz CT molecular complexity index is 384. The number of fused-ring (bicyclic) bond motifs is 1. The van der Waals surface area contributed by atoms with E-state index in [-0.39, 0.29) is 0 Å². The number of thioether (sulfide) groups is 1. The highest BCUT2D eigenvalue weighted by molar-refractivity contribution is 7.99. The Morgan fingerprint density at radius 2 is 1.83 bits per heavy atom. The summed E-state index contributed by atoms with van der Waals surface area (Å²) in [5, 5.41) is 3.82. The summed E-state index contributed by atoms with van der Waals surface area (Å²) < 4.78 is 0. The molecule has 1 unspecified atom stereocenters. The lowest BCUT2D eigenvalue weighted by Gasteiger charge is -2.28. The smallest absolute Gasteiger partial charge is 0.0111 e. The largest absolute Gasteiger partial charge is 0.313 e. The summed E-state index contributed by atoms with van der Waals surface area (Å²) >= 11 is 2.12. The van der Waals surface area contributed by atoms with E-state index in [1.165, 1.54) is 50.2 Å². The molecule has 1 saturated heterocycles. The summed E-state index contributed by atoms with van der Waals surface area (Å²) in [7, 11) is 0. The summed E-state index contributed by atoms with van der Waals surface area (Å²) in [6, 6.07) is 9.67. The molecule has 0 radical (unpaired) electrons. The van der Waals surface area contributed by atoms with Gasteiger partial charge in [-0.2, -0.15) is 11.8 Å². The molecule has 0 aromatic heterocycles. The van der Waals surface area contributed by atoms with Gasteiger partial charge >= 0.3 is 0 Å². The van der Waals surface area contributed by atoms with Gasteiger partial charge in [-0.05, 0) is 67.2 Å². The molecule has 1 aliphatic carbocycles. The van der Waals surface area contributed by atoms with E-state index in [9.17, 15) is 0 Å². The maximum absolute atomic E-state index is 3.82. The van der Waals surface area contributed by atoms with Gasteiger partial charge in [-0.1, -0.05) is 24.3 Å². The highest BCUT2D eigenvalue weighted by Crippen LogP contribution is 2.24. The molecule has 1 aliphatic heterocycles. The molecule has 2 aliphatic rings. The van der Waals surface area contributed by atoms with Crippen molar-refractivity contribution in [3.63, 3.8) is 0 Å². The summed E-state index contributed by atoms with van der Waals surface area (Å²) in [4.78, 5) is 0. The van der Waals surface area contributed by atoms with Gasteiger partial charge in [0.05, 0.1) is 0 Å². The van der Waals surface area contributed by atoms with Crippen molar-refractivity contribution in [1.82, 2.24) is 5.32 Å². The van der Waals surface area contributed by atoms with Crippen LogP contribution in [0.1, 0.15) is 30.4 Å². The Morgan fingerprint density at radius 3 is 2.67 bits per heavy atom. The third kappa shape index (κ3) is 3.10. The van der Waals surface area contributed by atoms with E-state index in [1.807, 2.05) is 0 Å². The third-order valence-electron chi connectivity index (χ3n) is 4.38. The number of hydrogen-bond acceptors (Lipinski definition) is 2. The van der Waals surface area contributed by atoms with E-state index in [0.29, 0.717) is 0 Å². The average molecular weight is 261 g/mol. The molecule has 1 atom stereocenters. The van der Waals surface area contributed by atoms with Crippen molar-refractivity contribution in [2.45, 2.75) is 38.1 Å². The first kappa shape index (κ1) is 12.6. The van der Waals surface area contributed by atoms with Crippen molar-refractivity contribution in [2.24, 2.45) is 5.92 Å². The van der Waals surface area contributed by atoms with Gasteiger partial charge in [-0.25, -0.2) is 0 Å². The lowest BCUT2D eigenvalue weighted by molar-refractivity contribution is 0.384. The highest BCUT2D eigenvalue weighted by atomic mass is 32.2.